The lowest BCUT2D eigenvalue weighted by atomic mass is 9.97. The van der Waals surface area contributed by atoms with E-state index in [1.165, 1.54) is 31.4 Å². The molecule has 0 aliphatic carbocycles. The van der Waals surface area contributed by atoms with Crippen LogP contribution >= 0.6 is 11.6 Å². The van der Waals surface area contributed by atoms with E-state index < -0.39 is 82.5 Å². The van der Waals surface area contributed by atoms with Crippen LogP contribution in [0.3, 0.4) is 0 Å². The number of aliphatic hydroxyl groups excluding tert-OH is 3. The summed E-state index contributed by atoms with van der Waals surface area (Å²) >= 11 is 5.72. The first-order valence-corrected chi connectivity index (χ1v) is 13.4. The van der Waals surface area contributed by atoms with Crippen LogP contribution in [0.4, 0.5) is 33.7 Å². The van der Waals surface area contributed by atoms with Crippen LogP contribution in [-0.2, 0) is 20.4 Å². The molecule has 246 valence electrons. The van der Waals surface area contributed by atoms with E-state index in [1.807, 2.05) is 0 Å². The first kappa shape index (κ1) is 34.3. The van der Waals surface area contributed by atoms with Crippen LogP contribution in [-0.4, -0.2) is 83.0 Å². The summed E-state index contributed by atoms with van der Waals surface area (Å²) in [7, 11) is 2.31. The van der Waals surface area contributed by atoms with Gasteiger partial charge in [-0.1, -0.05) is 11.6 Å². The lowest BCUT2D eigenvalue weighted by Gasteiger charge is -2.43. The summed E-state index contributed by atoms with van der Waals surface area (Å²) in [6.45, 7) is 0. The number of hydrogen-bond donors (Lipinski definition) is 5. The summed E-state index contributed by atoms with van der Waals surface area (Å²) in [5.74, 6) is -2.81. The fourth-order valence-electron chi connectivity index (χ4n) is 4.34. The van der Waals surface area contributed by atoms with Gasteiger partial charge in [-0.05, 0) is 36.4 Å². The maximum absolute atomic E-state index is 15.2. The van der Waals surface area contributed by atoms with Gasteiger partial charge in [-0.2, -0.15) is 13.2 Å². The lowest BCUT2D eigenvalue weighted by molar-refractivity contribution is -0.227. The molecule has 46 heavy (non-hydrogen) atoms. The van der Waals surface area contributed by atoms with Crippen molar-refractivity contribution >= 4 is 40.9 Å². The molecule has 0 saturated carbocycles. The molecule has 1 fully saturated rings. The Labute approximate surface area is 262 Å². The van der Waals surface area contributed by atoms with Gasteiger partial charge in [0.25, 0.3) is 5.91 Å². The van der Waals surface area contributed by atoms with Crippen LogP contribution in [0.25, 0.3) is 0 Å². The van der Waals surface area contributed by atoms with E-state index in [-0.39, 0.29) is 17.2 Å². The van der Waals surface area contributed by atoms with Crippen LogP contribution in [0.2, 0.25) is 5.02 Å². The minimum Gasteiger partial charge on any atom is -0.467 e. The predicted molar refractivity (Wildman–Crippen MR) is 151 cm³/mol. The molecule has 18 heteroatoms. The minimum absolute atomic E-state index is 0.0134. The minimum atomic E-state index is -5.01. The number of urea groups is 1. The monoisotopic (exact) mass is 672 g/mol. The number of methoxy groups -OCH3 is 1. The average Bonchev–Trinajstić information content (AvgIpc) is 3.02. The average molecular weight is 673 g/mol. The van der Waals surface area contributed by atoms with Crippen LogP contribution < -0.4 is 20.3 Å². The molecule has 1 aliphatic heterocycles. The van der Waals surface area contributed by atoms with Gasteiger partial charge in [0.1, 0.15) is 41.3 Å². The van der Waals surface area contributed by atoms with Gasteiger partial charge < -0.3 is 40.2 Å². The number of nitrogens with zero attached hydrogens (tertiary/aromatic N) is 2. The van der Waals surface area contributed by atoms with Gasteiger partial charge in [0.2, 0.25) is 0 Å². The van der Waals surface area contributed by atoms with Crippen LogP contribution in [0, 0.1) is 5.82 Å². The Kier molecular flexibility index (Phi) is 10.3. The number of alkyl halides is 3. The number of hydrogen-bond acceptors (Lipinski definition) is 10. The van der Waals surface area contributed by atoms with Gasteiger partial charge in [0.05, 0.1) is 23.4 Å². The molecule has 0 spiro atoms. The number of halogens is 5. The van der Waals surface area contributed by atoms with Crippen molar-refractivity contribution in [1.82, 2.24) is 10.3 Å². The van der Waals surface area contributed by atoms with Gasteiger partial charge in [-0.25, -0.2) is 14.0 Å². The molecule has 2 heterocycles. The largest absolute Gasteiger partial charge is 0.467 e. The molecule has 5 N–H and O–H groups in total. The third kappa shape index (κ3) is 7.29. The topological polar surface area (TPSA) is 180 Å². The third-order valence-electron chi connectivity index (χ3n) is 6.64. The van der Waals surface area contributed by atoms with E-state index in [1.54, 1.807) is 0 Å². The summed E-state index contributed by atoms with van der Waals surface area (Å²) in [4.78, 5) is 41.9. The van der Waals surface area contributed by atoms with Crippen molar-refractivity contribution in [3.8, 4) is 11.5 Å². The van der Waals surface area contributed by atoms with E-state index in [0.717, 1.165) is 31.4 Å². The fourth-order valence-corrected chi connectivity index (χ4v) is 4.57. The van der Waals surface area contributed by atoms with Crippen molar-refractivity contribution in [1.29, 1.82) is 0 Å². The Morgan fingerprint density at radius 1 is 1.00 bits per heavy atom. The van der Waals surface area contributed by atoms with Crippen molar-refractivity contribution in [2.24, 2.45) is 0 Å². The maximum Gasteiger partial charge on any atom is 0.417 e. The highest BCUT2D eigenvalue weighted by molar-refractivity contribution is 6.31. The molecule has 4 rings (SSSR count). The number of anilines is 2. The second kappa shape index (κ2) is 13.8. The zero-order valence-electron chi connectivity index (χ0n) is 23.7. The van der Waals surface area contributed by atoms with Crippen molar-refractivity contribution in [3.05, 3.63) is 76.8 Å². The second-order valence-corrected chi connectivity index (χ2v) is 10.0. The molecular formula is C28H25ClF4N4O9. The number of esters is 1. The third-order valence-corrected chi connectivity index (χ3v) is 6.97. The molecule has 3 aromatic rings. The molecule has 2 aromatic carbocycles. The van der Waals surface area contributed by atoms with Crippen molar-refractivity contribution in [3.63, 3.8) is 0 Å². The van der Waals surface area contributed by atoms with E-state index in [2.05, 4.69) is 20.4 Å². The number of amides is 3. The van der Waals surface area contributed by atoms with Crippen molar-refractivity contribution < 1.29 is 61.5 Å². The zero-order valence-corrected chi connectivity index (χ0v) is 24.4. The Balaban J connectivity index is 1.69. The second-order valence-electron chi connectivity index (χ2n) is 9.60. The van der Waals surface area contributed by atoms with Gasteiger partial charge in [0.15, 0.2) is 12.3 Å². The number of nitrogens with one attached hydrogen (secondary N) is 2. The van der Waals surface area contributed by atoms with Gasteiger partial charge in [-0.3, -0.25) is 14.7 Å². The van der Waals surface area contributed by atoms with E-state index >= 15 is 4.39 Å². The fraction of sp³-hybridized carbons (Fsp3) is 0.286. The lowest BCUT2D eigenvalue weighted by Crippen LogP contribution is -2.65. The highest BCUT2D eigenvalue weighted by Gasteiger charge is 2.51. The highest BCUT2D eigenvalue weighted by Crippen LogP contribution is 2.39. The Morgan fingerprint density at radius 2 is 1.70 bits per heavy atom. The Hall–Kier alpha value is -4.55. The maximum atomic E-state index is 15.2. The van der Waals surface area contributed by atoms with Gasteiger partial charge >= 0.3 is 18.2 Å². The summed E-state index contributed by atoms with van der Waals surface area (Å²) in [5.41, 5.74) is -2.53. The van der Waals surface area contributed by atoms with E-state index in [9.17, 15) is 42.9 Å². The zero-order chi connectivity index (χ0) is 33.9. The van der Waals surface area contributed by atoms with Crippen LogP contribution in [0.15, 0.2) is 54.7 Å². The number of ether oxygens (including phenoxy) is 3. The smallest absolute Gasteiger partial charge is 0.417 e. The summed E-state index contributed by atoms with van der Waals surface area (Å²) < 4.78 is 71.8. The summed E-state index contributed by atoms with van der Waals surface area (Å²) in [6, 6.07) is 6.54. The first-order valence-electron chi connectivity index (χ1n) is 13.1. The van der Waals surface area contributed by atoms with E-state index in [4.69, 9.17) is 21.1 Å². The molecule has 3 amide bonds. The molecule has 0 radical (unpaired) electrons. The molecule has 1 aromatic heterocycles. The van der Waals surface area contributed by atoms with Crippen LogP contribution in [0.1, 0.15) is 16.1 Å². The van der Waals surface area contributed by atoms with Gasteiger partial charge in [-0.15, -0.1) is 0 Å². The molecule has 1 saturated heterocycles. The number of carbonyl (C=O) groups is 3. The molecule has 5 unspecified atom stereocenters. The van der Waals surface area contributed by atoms with E-state index in [0.29, 0.717) is 11.0 Å². The normalized spacial score (nSPS) is 21.2. The first-order chi connectivity index (χ1) is 21.7. The molecule has 13 nitrogen and oxygen atoms in total. The van der Waals surface area contributed by atoms with Gasteiger partial charge in [0, 0.05) is 31.1 Å². The quantitative estimate of drug-likeness (QED) is 0.185. The SMILES string of the molecule is CNC(=O)c1cc(Oc2ccc(NC(=O)N(c3ccc(Cl)c(C(F)(F)F)c3)C3OC(C(=O)OC)C(O)C(O)C3O)c(F)c2)ccn1. The number of benzene rings is 2. The predicted octanol–water partition coefficient (Wildman–Crippen LogP) is 3.06. The summed E-state index contributed by atoms with van der Waals surface area (Å²) in [5, 5.41) is 35.2. The van der Waals surface area contributed by atoms with Crippen molar-refractivity contribution in [2.45, 2.75) is 36.8 Å². The van der Waals surface area contributed by atoms with Crippen LogP contribution in [0.5, 0.6) is 11.5 Å². The molecule has 0 bridgehead atoms. The number of pyridine rings is 1. The summed E-state index contributed by atoms with van der Waals surface area (Å²) in [6.07, 6.45) is -14.3. The number of aliphatic hydroxyl groups is 3. The number of aromatic nitrogens is 1. The molecular weight excluding hydrogens is 648 g/mol. The molecule has 5 atom stereocenters. The number of carbonyl (C=O) groups excluding carboxylic acids is 3. The molecule has 1 aliphatic rings. The van der Waals surface area contributed by atoms with Crippen molar-refractivity contribution in [2.75, 3.05) is 24.4 Å². The standard InChI is InChI=1S/C28H25ClF4N4O9/c1-34-24(41)19-11-14(7-8-35-19)45-13-4-6-18(17(30)10-13)36-27(43)37(12-3-5-16(29)15(9-12)28(31,32)33)25-22(40)20(38)21(39)23(46-25)26(42)44-2/h3-11,20-23,25,38-40H,1-2H3,(H,34,41)(H,36,43). The highest BCUT2D eigenvalue weighted by atomic mass is 35.5. The Bertz CT molecular complexity index is 1630. The number of rotatable bonds is 7. The Morgan fingerprint density at radius 3 is 2.33 bits per heavy atom.